The van der Waals surface area contributed by atoms with Gasteiger partial charge in [-0.1, -0.05) is 27.2 Å². The quantitative estimate of drug-likeness (QED) is 0.682. The van der Waals surface area contributed by atoms with Crippen molar-refractivity contribution in [2.24, 2.45) is 11.7 Å². The number of carbonyl (C=O) groups excluding carboxylic acids is 1. The van der Waals surface area contributed by atoms with Crippen molar-refractivity contribution in [3.63, 3.8) is 0 Å². The molecule has 1 atom stereocenters. The first kappa shape index (κ1) is 15.4. The Bertz CT molecular complexity index is 195. The minimum absolute atomic E-state index is 0.0487. The van der Waals surface area contributed by atoms with Gasteiger partial charge in [-0.2, -0.15) is 0 Å². The van der Waals surface area contributed by atoms with Crippen molar-refractivity contribution in [1.29, 1.82) is 0 Å². The molecule has 0 heterocycles. The molecule has 16 heavy (non-hydrogen) atoms. The third-order valence-electron chi connectivity index (χ3n) is 2.38. The Morgan fingerprint density at radius 3 is 2.50 bits per heavy atom. The molecule has 0 spiro atoms. The Kier molecular flexibility index (Phi) is 8.21. The summed E-state index contributed by atoms with van der Waals surface area (Å²) in [6, 6.07) is -0.361. The van der Waals surface area contributed by atoms with Gasteiger partial charge in [-0.3, -0.25) is 4.79 Å². The van der Waals surface area contributed by atoms with Crippen LogP contribution in [0.1, 0.15) is 33.6 Å². The highest BCUT2D eigenvalue weighted by atomic mass is 16.5. The van der Waals surface area contributed by atoms with Crippen molar-refractivity contribution in [3.8, 4) is 0 Å². The zero-order chi connectivity index (χ0) is 12.6. The van der Waals surface area contributed by atoms with Gasteiger partial charge in [0.15, 0.2) is 0 Å². The molecule has 0 radical (unpaired) electrons. The fourth-order valence-electron chi connectivity index (χ4n) is 1.60. The second-order valence-electron chi connectivity index (χ2n) is 4.57. The second kappa shape index (κ2) is 8.53. The normalized spacial score (nSPS) is 12.9. The first-order valence-corrected chi connectivity index (χ1v) is 6.06. The number of nitrogens with zero attached hydrogens (tertiary/aromatic N) is 1. The molecule has 0 fully saturated rings. The van der Waals surface area contributed by atoms with Crippen molar-refractivity contribution >= 4 is 5.91 Å². The van der Waals surface area contributed by atoms with E-state index < -0.39 is 0 Å². The summed E-state index contributed by atoms with van der Waals surface area (Å²) in [4.78, 5) is 13.8. The molecule has 0 rings (SSSR count). The lowest BCUT2D eigenvalue weighted by atomic mass is 10.1. The molecule has 1 amide bonds. The van der Waals surface area contributed by atoms with Crippen LogP contribution in [0.3, 0.4) is 0 Å². The van der Waals surface area contributed by atoms with Gasteiger partial charge in [0.1, 0.15) is 0 Å². The Morgan fingerprint density at radius 2 is 2.06 bits per heavy atom. The first-order chi connectivity index (χ1) is 7.52. The maximum atomic E-state index is 12.0. The van der Waals surface area contributed by atoms with Crippen LogP contribution in [0.4, 0.5) is 0 Å². The Morgan fingerprint density at radius 1 is 1.44 bits per heavy atom. The summed E-state index contributed by atoms with van der Waals surface area (Å²) in [5.74, 6) is 0.502. The van der Waals surface area contributed by atoms with Gasteiger partial charge in [0, 0.05) is 20.2 Å². The monoisotopic (exact) mass is 230 g/mol. The molecular weight excluding hydrogens is 204 g/mol. The number of hydrogen-bond donors (Lipinski definition) is 1. The van der Waals surface area contributed by atoms with Crippen molar-refractivity contribution in [1.82, 2.24) is 4.90 Å². The SMILES string of the molecule is CCC[C@H](N)C(=O)N(CCOC)CC(C)C. The summed E-state index contributed by atoms with van der Waals surface area (Å²) in [6.07, 6.45) is 1.69. The number of carbonyl (C=O) groups is 1. The van der Waals surface area contributed by atoms with E-state index in [1.165, 1.54) is 0 Å². The zero-order valence-electron chi connectivity index (χ0n) is 11.0. The largest absolute Gasteiger partial charge is 0.383 e. The van der Waals surface area contributed by atoms with Crippen LogP contribution in [0.25, 0.3) is 0 Å². The third-order valence-corrected chi connectivity index (χ3v) is 2.38. The fraction of sp³-hybridized carbons (Fsp3) is 0.917. The number of hydrogen-bond acceptors (Lipinski definition) is 3. The molecule has 0 saturated carbocycles. The molecule has 0 aliphatic carbocycles. The predicted octanol–water partition coefficient (Wildman–Crippen LogP) is 1.24. The molecule has 0 unspecified atom stereocenters. The molecule has 0 aliphatic rings. The number of methoxy groups -OCH3 is 1. The van der Waals surface area contributed by atoms with Gasteiger partial charge in [-0.25, -0.2) is 0 Å². The number of amides is 1. The molecule has 0 aliphatic heterocycles. The van der Waals surface area contributed by atoms with Crippen LogP contribution in [0.15, 0.2) is 0 Å². The lowest BCUT2D eigenvalue weighted by Gasteiger charge is -2.27. The average Bonchev–Trinajstić information content (AvgIpc) is 2.23. The van der Waals surface area contributed by atoms with E-state index in [-0.39, 0.29) is 11.9 Å². The average molecular weight is 230 g/mol. The maximum absolute atomic E-state index is 12.0. The van der Waals surface area contributed by atoms with Crippen molar-refractivity contribution in [3.05, 3.63) is 0 Å². The van der Waals surface area contributed by atoms with E-state index in [1.54, 1.807) is 7.11 Å². The summed E-state index contributed by atoms with van der Waals surface area (Å²) < 4.78 is 5.01. The molecule has 4 heteroatoms. The van der Waals surface area contributed by atoms with Gasteiger partial charge >= 0.3 is 0 Å². The highest BCUT2D eigenvalue weighted by Gasteiger charge is 2.20. The number of rotatable bonds is 8. The van der Waals surface area contributed by atoms with E-state index in [9.17, 15) is 4.79 Å². The third kappa shape index (κ3) is 6.08. The summed E-state index contributed by atoms with van der Waals surface area (Å²) in [5.41, 5.74) is 5.84. The lowest BCUT2D eigenvalue weighted by molar-refractivity contribution is -0.134. The molecule has 0 aromatic rings. The minimum atomic E-state index is -0.361. The van der Waals surface area contributed by atoms with Gasteiger partial charge in [-0.05, 0) is 12.3 Å². The smallest absolute Gasteiger partial charge is 0.239 e. The van der Waals surface area contributed by atoms with Crippen LogP contribution in [-0.4, -0.2) is 43.7 Å². The van der Waals surface area contributed by atoms with Crippen molar-refractivity contribution in [2.75, 3.05) is 26.8 Å². The van der Waals surface area contributed by atoms with Crippen LogP contribution < -0.4 is 5.73 Å². The van der Waals surface area contributed by atoms with E-state index in [2.05, 4.69) is 13.8 Å². The molecule has 0 aromatic heterocycles. The summed E-state index contributed by atoms with van der Waals surface area (Å²) in [6.45, 7) is 8.17. The number of nitrogens with two attached hydrogens (primary N) is 1. The summed E-state index contributed by atoms with van der Waals surface area (Å²) >= 11 is 0. The van der Waals surface area contributed by atoms with E-state index in [1.807, 2.05) is 11.8 Å². The summed E-state index contributed by atoms with van der Waals surface area (Å²) in [5, 5.41) is 0. The van der Waals surface area contributed by atoms with Gasteiger partial charge in [-0.15, -0.1) is 0 Å². The molecule has 4 nitrogen and oxygen atoms in total. The Hall–Kier alpha value is -0.610. The van der Waals surface area contributed by atoms with Gasteiger partial charge in [0.2, 0.25) is 5.91 Å². The van der Waals surface area contributed by atoms with E-state index in [0.717, 1.165) is 19.4 Å². The molecule has 0 bridgehead atoms. The van der Waals surface area contributed by atoms with Crippen LogP contribution in [-0.2, 0) is 9.53 Å². The molecule has 96 valence electrons. The second-order valence-corrected chi connectivity index (χ2v) is 4.57. The van der Waals surface area contributed by atoms with Gasteiger partial charge < -0.3 is 15.4 Å². The first-order valence-electron chi connectivity index (χ1n) is 6.06. The molecule has 2 N–H and O–H groups in total. The van der Waals surface area contributed by atoms with E-state index in [4.69, 9.17) is 10.5 Å². The van der Waals surface area contributed by atoms with Gasteiger partial charge in [0.25, 0.3) is 0 Å². The standard InChI is InChI=1S/C12H26N2O2/c1-5-6-11(13)12(15)14(7-8-16-4)9-10(2)3/h10-11H,5-9,13H2,1-4H3/t11-/m0/s1. The molecule has 0 aromatic carbocycles. The minimum Gasteiger partial charge on any atom is -0.383 e. The van der Waals surface area contributed by atoms with Crippen LogP contribution in [0.5, 0.6) is 0 Å². The predicted molar refractivity (Wildman–Crippen MR) is 66.2 cm³/mol. The Balaban J connectivity index is 4.29. The van der Waals surface area contributed by atoms with Crippen LogP contribution >= 0.6 is 0 Å². The van der Waals surface area contributed by atoms with Crippen LogP contribution in [0, 0.1) is 5.92 Å². The molecule has 0 saturated heterocycles. The highest BCUT2D eigenvalue weighted by Crippen LogP contribution is 2.04. The van der Waals surface area contributed by atoms with Crippen molar-refractivity contribution in [2.45, 2.75) is 39.7 Å². The summed E-state index contributed by atoms with van der Waals surface area (Å²) in [7, 11) is 1.64. The topological polar surface area (TPSA) is 55.6 Å². The van der Waals surface area contributed by atoms with Gasteiger partial charge in [0.05, 0.1) is 12.6 Å². The fourth-order valence-corrected chi connectivity index (χ4v) is 1.60. The van der Waals surface area contributed by atoms with E-state index >= 15 is 0 Å². The lowest BCUT2D eigenvalue weighted by Crippen LogP contribution is -2.46. The van der Waals surface area contributed by atoms with E-state index in [0.29, 0.717) is 19.1 Å². The molecular formula is C12H26N2O2. The highest BCUT2D eigenvalue weighted by molar-refractivity contribution is 5.81. The van der Waals surface area contributed by atoms with Crippen molar-refractivity contribution < 1.29 is 9.53 Å². The van der Waals surface area contributed by atoms with Crippen LogP contribution in [0.2, 0.25) is 0 Å². The number of ether oxygens (including phenoxy) is 1. The Labute approximate surface area is 99.1 Å². The zero-order valence-corrected chi connectivity index (χ0v) is 11.0. The maximum Gasteiger partial charge on any atom is 0.239 e.